The number of hydrogen-bond donors (Lipinski definition) is 2. The third kappa shape index (κ3) is 6.62. The van der Waals surface area contributed by atoms with Crippen LogP contribution in [0.2, 0.25) is 0 Å². The molecule has 3 amide bonds. The van der Waals surface area contributed by atoms with E-state index in [9.17, 15) is 18.8 Å². The predicted octanol–water partition coefficient (Wildman–Crippen LogP) is 4.38. The molecule has 0 aromatic heterocycles. The first-order valence-electron chi connectivity index (χ1n) is 14.5. The van der Waals surface area contributed by atoms with E-state index in [1.807, 2.05) is 35.2 Å². The van der Waals surface area contributed by atoms with Gasteiger partial charge in [-0.05, 0) is 65.6 Å². The second-order valence-electron chi connectivity index (χ2n) is 11.8. The lowest BCUT2D eigenvalue weighted by Crippen LogP contribution is -2.49. The van der Waals surface area contributed by atoms with Crippen molar-refractivity contribution in [1.82, 2.24) is 15.1 Å². The van der Waals surface area contributed by atoms with Gasteiger partial charge in [0.05, 0.1) is 11.4 Å². The fourth-order valence-corrected chi connectivity index (χ4v) is 5.34. The highest BCUT2D eigenvalue weighted by Gasteiger charge is 2.26. The summed E-state index contributed by atoms with van der Waals surface area (Å²) in [7, 11) is 0. The van der Waals surface area contributed by atoms with Crippen LogP contribution in [0.4, 0.5) is 15.8 Å². The Balaban J connectivity index is 1.33. The molecular formula is C33H38FN5O3. The normalized spacial score (nSPS) is 15.9. The molecule has 0 saturated carbocycles. The maximum Gasteiger partial charge on any atom is 0.255 e. The number of nitrogens with one attached hydrogen (secondary N) is 2. The van der Waals surface area contributed by atoms with Crippen LogP contribution in [-0.4, -0.2) is 79.9 Å². The number of anilines is 2. The maximum absolute atomic E-state index is 13.5. The largest absolute Gasteiger partial charge is 0.366 e. The molecule has 0 spiro atoms. The number of amides is 3. The van der Waals surface area contributed by atoms with Crippen LogP contribution in [0.15, 0.2) is 66.7 Å². The second-order valence-corrected chi connectivity index (χ2v) is 11.8. The average molecular weight is 572 g/mol. The lowest BCUT2D eigenvalue weighted by molar-refractivity contribution is 0.0731. The van der Waals surface area contributed by atoms with Gasteiger partial charge in [0.1, 0.15) is 5.82 Å². The van der Waals surface area contributed by atoms with Gasteiger partial charge in [0.15, 0.2) is 0 Å². The van der Waals surface area contributed by atoms with Gasteiger partial charge in [0.25, 0.3) is 17.7 Å². The zero-order chi connectivity index (χ0) is 29.9. The molecule has 220 valence electrons. The first-order chi connectivity index (χ1) is 20.1. The molecule has 0 bridgehead atoms. The summed E-state index contributed by atoms with van der Waals surface area (Å²) in [6.07, 6.45) is 0. The summed E-state index contributed by atoms with van der Waals surface area (Å²) in [5, 5.41) is 6.20. The Morgan fingerprint density at radius 1 is 0.714 bits per heavy atom. The van der Waals surface area contributed by atoms with Gasteiger partial charge in [-0.25, -0.2) is 4.39 Å². The highest BCUT2D eigenvalue weighted by Crippen LogP contribution is 2.30. The van der Waals surface area contributed by atoms with Crippen LogP contribution < -0.4 is 15.5 Å². The van der Waals surface area contributed by atoms with E-state index in [2.05, 4.69) is 36.3 Å². The fourth-order valence-electron chi connectivity index (χ4n) is 5.34. The van der Waals surface area contributed by atoms with Crippen molar-refractivity contribution < 1.29 is 18.8 Å². The minimum Gasteiger partial charge on any atom is -0.366 e. The summed E-state index contributed by atoms with van der Waals surface area (Å²) in [5.74, 6) is -0.908. The van der Waals surface area contributed by atoms with Crippen LogP contribution in [0.1, 0.15) is 57.4 Å². The predicted molar refractivity (Wildman–Crippen MR) is 163 cm³/mol. The van der Waals surface area contributed by atoms with E-state index < -0.39 is 11.7 Å². The van der Waals surface area contributed by atoms with Gasteiger partial charge in [0, 0.05) is 69.0 Å². The average Bonchev–Trinajstić information content (AvgIpc) is 3.01. The molecule has 0 radical (unpaired) electrons. The molecule has 3 aromatic carbocycles. The van der Waals surface area contributed by atoms with Crippen LogP contribution in [0, 0.1) is 5.82 Å². The van der Waals surface area contributed by atoms with Gasteiger partial charge in [-0.2, -0.15) is 0 Å². The zero-order valence-corrected chi connectivity index (χ0v) is 24.5. The van der Waals surface area contributed by atoms with Gasteiger partial charge in [0.2, 0.25) is 0 Å². The molecule has 2 heterocycles. The standard InChI is InChI=1S/C33H38FN5O3/c1-33(2,3)26-9-4-24(5-10-26)31(41)39-20-18-37(19-21-39)29-13-8-25(32(42)38-16-14-35-15-17-38)22-28(29)36-30(40)23-6-11-27(34)12-7-23/h4-13,22,35H,14-21H2,1-3H3,(H,36,40). The molecule has 2 aliphatic heterocycles. The molecule has 5 rings (SSSR count). The summed E-state index contributed by atoms with van der Waals surface area (Å²) in [5.41, 5.74) is 3.93. The van der Waals surface area contributed by atoms with Crippen molar-refractivity contribution in [2.75, 3.05) is 62.6 Å². The molecule has 42 heavy (non-hydrogen) atoms. The molecule has 9 heteroatoms. The molecule has 0 aliphatic carbocycles. The summed E-state index contributed by atoms with van der Waals surface area (Å²) in [4.78, 5) is 45.4. The van der Waals surface area contributed by atoms with E-state index >= 15 is 0 Å². The van der Waals surface area contributed by atoms with Crippen LogP contribution in [0.5, 0.6) is 0 Å². The fraction of sp³-hybridized carbons (Fsp3) is 0.364. The van der Waals surface area contributed by atoms with Gasteiger partial charge < -0.3 is 25.3 Å². The Labute approximate surface area is 246 Å². The Morgan fingerprint density at radius 2 is 1.26 bits per heavy atom. The van der Waals surface area contributed by atoms with Gasteiger partial charge >= 0.3 is 0 Å². The molecule has 2 N–H and O–H groups in total. The summed E-state index contributed by atoms with van der Waals surface area (Å²) in [6, 6.07) is 18.5. The topological polar surface area (TPSA) is 85.0 Å². The summed E-state index contributed by atoms with van der Waals surface area (Å²) < 4.78 is 13.5. The second kappa shape index (κ2) is 12.3. The minimum absolute atomic E-state index is 0.00286. The van der Waals surface area contributed by atoms with Crippen molar-refractivity contribution in [3.63, 3.8) is 0 Å². The number of carbonyl (C=O) groups is 3. The third-order valence-electron chi connectivity index (χ3n) is 7.91. The number of rotatable bonds is 5. The Hall–Kier alpha value is -4.24. The van der Waals surface area contributed by atoms with Gasteiger partial charge in [-0.1, -0.05) is 32.9 Å². The molecule has 2 fully saturated rings. The SMILES string of the molecule is CC(C)(C)c1ccc(C(=O)N2CCN(c3ccc(C(=O)N4CCNCC4)cc3NC(=O)c3ccc(F)cc3)CC2)cc1. The van der Waals surface area contributed by atoms with Crippen molar-refractivity contribution in [3.05, 3.63) is 94.8 Å². The van der Waals surface area contributed by atoms with Gasteiger partial charge in [-0.3, -0.25) is 14.4 Å². The number of carbonyl (C=O) groups excluding carboxylic acids is 3. The van der Waals surface area contributed by atoms with Crippen molar-refractivity contribution in [2.45, 2.75) is 26.2 Å². The minimum atomic E-state index is -0.423. The number of hydrogen-bond acceptors (Lipinski definition) is 5. The molecule has 8 nitrogen and oxygen atoms in total. The van der Waals surface area contributed by atoms with Crippen molar-refractivity contribution >= 4 is 29.1 Å². The lowest BCUT2D eigenvalue weighted by atomic mass is 9.86. The molecule has 3 aromatic rings. The van der Waals surface area contributed by atoms with E-state index in [1.54, 1.807) is 17.0 Å². The first-order valence-corrected chi connectivity index (χ1v) is 14.5. The number of piperazine rings is 2. The zero-order valence-electron chi connectivity index (χ0n) is 24.5. The van der Waals surface area contributed by atoms with E-state index in [4.69, 9.17) is 0 Å². The number of nitrogens with zero attached hydrogens (tertiary/aromatic N) is 3. The maximum atomic E-state index is 13.5. The van der Waals surface area contributed by atoms with E-state index in [0.717, 1.165) is 18.8 Å². The van der Waals surface area contributed by atoms with E-state index in [0.29, 0.717) is 61.6 Å². The molecule has 2 aliphatic rings. The highest BCUT2D eigenvalue weighted by molar-refractivity contribution is 6.07. The highest BCUT2D eigenvalue weighted by atomic mass is 19.1. The Morgan fingerprint density at radius 3 is 1.88 bits per heavy atom. The molecular weight excluding hydrogens is 533 g/mol. The van der Waals surface area contributed by atoms with Crippen LogP contribution in [0.3, 0.4) is 0 Å². The third-order valence-corrected chi connectivity index (χ3v) is 7.91. The molecule has 0 atom stereocenters. The van der Waals surface area contributed by atoms with E-state index in [1.165, 1.54) is 29.8 Å². The van der Waals surface area contributed by atoms with E-state index in [-0.39, 0.29) is 17.2 Å². The Kier molecular flexibility index (Phi) is 8.59. The van der Waals surface area contributed by atoms with Crippen molar-refractivity contribution in [3.8, 4) is 0 Å². The summed E-state index contributed by atoms with van der Waals surface area (Å²) >= 11 is 0. The molecule has 2 saturated heterocycles. The van der Waals surface area contributed by atoms with Crippen molar-refractivity contribution in [2.24, 2.45) is 0 Å². The number of benzene rings is 3. The first kappa shape index (κ1) is 29.3. The summed E-state index contributed by atoms with van der Waals surface area (Å²) in [6.45, 7) is 11.3. The smallest absolute Gasteiger partial charge is 0.255 e. The van der Waals surface area contributed by atoms with Crippen LogP contribution in [0.25, 0.3) is 0 Å². The van der Waals surface area contributed by atoms with Crippen LogP contribution >= 0.6 is 0 Å². The van der Waals surface area contributed by atoms with Crippen molar-refractivity contribution in [1.29, 1.82) is 0 Å². The van der Waals surface area contributed by atoms with Gasteiger partial charge in [-0.15, -0.1) is 0 Å². The quantitative estimate of drug-likeness (QED) is 0.475. The number of halogens is 1. The lowest BCUT2D eigenvalue weighted by Gasteiger charge is -2.37. The monoisotopic (exact) mass is 571 g/mol. The molecule has 0 unspecified atom stereocenters. The Bertz CT molecular complexity index is 1440. The van der Waals surface area contributed by atoms with Crippen LogP contribution in [-0.2, 0) is 5.41 Å².